The van der Waals surface area contributed by atoms with E-state index in [1.54, 1.807) is 4.90 Å². The van der Waals surface area contributed by atoms with Gasteiger partial charge in [0, 0.05) is 12.5 Å². The highest BCUT2D eigenvalue weighted by molar-refractivity contribution is 5.88. The third-order valence-electron chi connectivity index (χ3n) is 5.13. The third-order valence-corrected chi connectivity index (χ3v) is 5.13. The minimum Gasteiger partial charge on any atom is -0.480 e. The fraction of sp³-hybridized carbons (Fsp3) is 0.556. The van der Waals surface area contributed by atoms with Crippen molar-refractivity contribution in [3.63, 3.8) is 0 Å². The topological polar surface area (TPSA) is 57.6 Å². The van der Waals surface area contributed by atoms with Gasteiger partial charge < -0.3 is 10.0 Å². The first kappa shape index (κ1) is 15.1. The molecule has 3 rings (SSSR count). The second kappa shape index (κ2) is 5.75. The Morgan fingerprint density at radius 2 is 1.95 bits per heavy atom. The van der Waals surface area contributed by atoms with Gasteiger partial charge in [-0.05, 0) is 49.1 Å². The molecule has 118 valence electrons. The van der Waals surface area contributed by atoms with Crippen molar-refractivity contribution in [2.45, 2.75) is 45.1 Å². The van der Waals surface area contributed by atoms with Crippen LogP contribution < -0.4 is 0 Å². The summed E-state index contributed by atoms with van der Waals surface area (Å²) in [5, 5.41) is 9.41. The molecule has 1 saturated heterocycles. The summed E-state index contributed by atoms with van der Waals surface area (Å²) in [4.78, 5) is 25.8. The predicted molar refractivity (Wildman–Crippen MR) is 83.6 cm³/mol. The van der Waals surface area contributed by atoms with E-state index >= 15 is 0 Å². The molecule has 1 aliphatic heterocycles. The highest BCUT2D eigenvalue weighted by atomic mass is 16.4. The molecular formula is C18H23NO3. The van der Waals surface area contributed by atoms with Crippen LogP contribution in [0.5, 0.6) is 0 Å². The fourth-order valence-corrected chi connectivity index (χ4v) is 3.67. The molecule has 4 unspecified atom stereocenters. The van der Waals surface area contributed by atoms with Crippen molar-refractivity contribution in [3.8, 4) is 0 Å². The largest absolute Gasteiger partial charge is 0.480 e. The lowest BCUT2D eigenvalue weighted by Gasteiger charge is -2.36. The Balaban J connectivity index is 1.72. The van der Waals surface area contributed by atoms with Crippen molar-refractivity contribution in [2.24, 2.45) is 11.8 Å². The molecule has 4 heteroatoms. The monoisotopic (exact) mass is 301 g/mol. The molecular weight excluding hydrogens is 278 g/mol. The number of benzene rings is 1. The lowest BCUT2D eigenvalue weighted by molar-refractivity contribution is -0.153. The molecule has 0 spiro atoms. The zero-order valence-electron chi connectivity index (χ0n) is 13.2. The maximum atomic E-state index is 12.7. The Labute approximate surface area is 131 Å². The molecule has 4 atom stereocenters. The van der Waals surface area contributed by atoms with Crippen LogP contribution in [-0.4, -0.2) is 34.5 Å². The van der Waals surface area contributed by atoms with Gasteiger partial charge in [0.1, 0.15) is 6.04 Å². The number of carboxylic acids is 1. The number of piperidine rings is 1. The predicted octanol–water partition coefficient (Wildman–Crippen LogP) is 2.81. The summed E-state index contributed by atoms with van der Waals surface area (Å²) < 4.78 is 0. The van der Waals surface area contributed by atoms with E-state index in [4.69, 9.17) is 0 Å². The van der Waals surface area contributed by atoms with Crippen LogP contribution in [0.3, 0.4) is 0 Å². The van der Waals surface area contributed by atoms with Crippen LogP contribution in [0.4, 0.5) is 0 Å². The van der Waals surface area contributed by atoms with Crippen LogP contribution >= 0.6 is 0 Å². The van der Waals surface area contributed by atoms with E-state index in [-0.39, 0.29) is 17.7 Å². The molecule has 1 aromatic rings. The molecule has 1 aliphatic carbocycles. The minimum atomic E-state index is -0.868. The van der Waals surface area contributed by atoms with E-state index in [1.165, 1.54) is 11.1 Å². The quantitative estimate of drug-likeness (QED) is 0.934. The minimum absolute atomic E-state index is 0.0312. The molecule has 1 aromatic carbocycles. The van der Waals surface area contributed by atoms with Crippen LogP contribution in [-0.2, 0) is 9.59 Å². The molecule has 0 aromatic heterocycles. The first-order valence-electron chi connectivity index (χ1n) is 8.08. The number of hydrogen-bond acceptors (Lipinski definition) is 2. The molecule has 1 amide bonds. The third kappa shape index (κ3) is 2.74. The van der Waals surface area contributed by atoms with Gasteiger partial charge in [-0.1, -0.05) is 31.2 Å². The summed E-state index contributed by atoms with van der Waals surface area (Å²) in [6.07, 6.45) is 2.32. The Kier molecular flexibility index (Phi) is 3.94. The summed E-state index contributed by atoms with van der Waals surface area (Å²) in [7, 11) is 0. The normalized spacial score (nSPS) is 30.9. The van der Waals surface area contributed by atoms with Crippen LogP contribution in [0.2, 0.25) is 0 Å². The van der Waals surface area contributed by atoms with Crippen molar-refractivity contribution in [3.05, 3.63) is 35.4 Å². The zero-order valence-corrected chi connectivity index (χ0v) is 13.2. The first-order chi connectivity index (χ1) is 10.5. The fourth-order valence-electron chi connectivity index (χ4n) is 3.67. The number of amides is 1. The standard InChI is InChI=1S/C18H23NO3/c1-11-7-8-19(16(9-11)18(21)22)17(20)15-10-14(15)13-6-4-3-5-12(13)2/h3-6,11,14-16H,7-10H2,1-2H3,(H,21,22). The summed E-state index contributed by atoms with van der Waals surface area (Å²) in [6, 6.07) is 7.52. The van der Waals surface area contributed by atoms with Gasteiger partial charge in [0.15, 0.2) is 0 Å². The van der Waals surface area contributed by atoms with Crippen molar-refractivity contribution < 1.29 is 14.7 Å². The smallest absolute Gasteiger partial charge is 0.326 e. The zero-order chi connectivity index (χ0) is 15.9. The maximum absolute atomic E-state index is 12.7. The van der Waals surface area contributed by atoms with Crippen LogP contribution in [0, 0.1) is 18.8 Å². The van der Waals surface area contributed by atoms with Crippen molar-refractivity contribution in [1.82, 2.24) is 4.90 Å². The van der Waals surface area contributed by atoms with Gasteiger partial charge >= 0.3 is 5.97 Å². The van der Waals surface area contributed by atoms with Gasteiger partial charge in [-0.25, -0.2) is 4.79 Å². The summed E-state index contributed by atoms with van der Waals surface area (Å²) in [6.45, 7) is 4.71. The Hall–Kier alpha value is -1.84. The average molecular weight is 301 g/mol. The number of carbonyl (C=O) groups excluding carboxylic acids is 1. The lowest BCUT2D eigenvalue weighted by Crippen LogP contribution is -2.50. The molecule has 0 bridgehead atoms. The second-order valence-electron chi connectivity index (χ2n) is 6.82. The number of likely N-dealkylation sites (tertiary alicyclic amines) is 1. The van der Waals surface area contributed by atoms with Gasteiger partial charge in [0.05, 0.1) is 0 Å². The SMILES string of the molecule is Cc1ccccc1C1CC1C(=O)N1CCC(C)CC1C(=O)O. The molecule has 1 heterocycles. The highest BCUT2D eigenvalue weighted by Gasteiger charge is 2.48. The molecule has 1 N–H and O–H groups in total. The lowest BCUT2D eigenvalue weighted by atomic mass is 9.92. The second-order valence-corrected chi connectivity index (χ2v) is 6.82. The number of aryl methyl sites for hydroxylation is 1. The number of rotatable bonds is 3. The van der Waals surface area contributed by atoms with E-state index in [1.807, 2.05) is 12.1 Å². The van der Waals surface area contributed by atoms with Crippen LogP contribution in [0.1, 0.15) is 43.2 Å². The number of hydrogen-bond donors (Lipinski definition) is 1. The van der Waals surface area contributed by atoms with Crippen LogP contribution in [0.25, 0.3) is 0 Å². The van der Waals surface area contributed by atoms with Crippen LogP contribution in [0.15, 0.2) is 24.3 Å². The van der Waals surface area contributed by atoms with Crippen molar-refractivity contribution >= 4 is 11.9 Å². The summed E-state index contributed by atoms with van der Waals surface area (Å²) in [5.41, 5.74) is 2.45. The maximum Gasteiger partial charge on any atom is 0.326 e. The van der Waals surface area contributed by atoms with Crippen molar-refractivity contribution in [2.75, 3.05) is 6.54 Å². The Bertz CT molecular complexity index is 598. The number of aliphatic carboxylic acids is 1. The van der Waals surface area contributed by atoms with Gasteiger partial charge in [-0.2, -0.15) is 0 Å². The summed E-state index contributed by atoms with van der Waals surface area (Å²) in [5.74, 6) is -0.226. The molecule has 0 radical (unpaired) electrons. The highest BCUT2D eigenvalue weighted by Crippen LogP contribution is 2.50. The molecule has 2 aliphatic rings. The summed E-state index contributed by atoms with van der Waals surface area (Å²) >= 11 is 0. The Morgan fingerprint density at radius 3 is 2.64 bits per heavy atom. The number of nitrogens with zero attached hydrogens (tertiary/aromatic N) is 1. The number of carboxylic acid groups (broad SMARTS) is 1. The average Bonchev–Trinajstić information content (AvgIpc) is 3.27. The molecule has 1 saturated carbocycles. The van der Waals surface area contributed by atoms with E-state index < -0.39 is 12.0 Å². The van der Waals surface area contributed by atoms with E-state index in [0.29, 0.717) is 18.9 Å². The number of carbonyl (C=O) groups is 2. The van der Waals surface area contributed by atoms with Crippen molar-refractivity contribution in [1.29, 1.82) is 0 Å². The first-order valence-corrected chi connectivity index (χ1v) is 8.08. The van der Waals surface area contributed by atoms with Gasteiger partial charge in [0.25, 0.3) is 0 Å². The molecule has 4 nitrogen and oxygen atoms in total. The molecule has 22 heavy (non-hydrogen) atoms. The van der Waals surface area contributed by atoms with E-state index in [0.717, 1.165) is 12.8 Å². The van der Waals surface area contributed by atoms with Gasteiger partial charge in [-0.15, -0.1) is 0 Å². The Morgan fingerprint density at radius 1 is 1.23 bits per heavy atom. The van der Waals surface area contributed by atoms with E-state index in [9.17, 15) is 14.7 Å². The van der Waals surface area contributed by atoms with Gasteiger partial charge in [0.2, 0.25) is 5.91 Å². The van der Waals surface area contributed by atoms with E-state index in [2.05, 4.69) is 26.0 Å². The van der Waals surface area contributed by atoms with Gasteiger partial charge in [-0.3, -0.25) is 4.79 Å². The molecule has 2 fully saturated rings.